The van der Waals surface area contributed by atoms with Crippen molar-refractivity contribution < 1.29 is 4.79 Å². The number of likely N-dealkylation sites (tertiary alicyclic amines) is 1. The first kappa shape index (κ1) is 11.2. The van der Waals surface area contributed by atoms with Gasteiger partial charge < -0.3 is 15.6 Å². The SMILES string of the molecule is NNC(=S)NCC(=O)N1CCCCC1. The summed E-state index contributed by atoms with van der Waals surface area (Å²) in [5.74, 6) is 5.14. The van der Waals surface area contributed by atoms with Crippen LogP contribution in [0.1, 0.15) is 19.3 Å². The minimum atomic E-state index is 0.0855. The lowest BCUT2D eigenvalue weighted by molar-refractivity contribution is -0.130. The van der Waals surface area contributed by atoms with Crippen molar-refractivity contribution >= 4 is 23.2 Å². The molecule has 0 saturated carbocycles. The van der Waals surface area contributed by atoms with Crippen molar-refractivity contribution in [1.29, 1.82) is 0 Å². The van der Waals surface area contributed by atoms with Gasteiger partial charge in [0.25, 0.3) is 0 Å². The van der Waals surface area contributed by atoms with Crippen LogP contribution in [-0.4, -0.2) is 35.6 Å². The van der Waals surface area contributed by atoms with E-state index >= 15 is 0 Å². The molecule has 1 aliphatic rings. The standard InChI is InChI=1S/C8H16N4OS/c9-11-8(14)10-6-7(13)12-4-2-1-3-5-12/h1-6,9H2,(H2,10,11,14). The minimum Gasteiger partial charge on any atom is -0.353 e. The van der Waals surface area contributed by atoms with E-state index in [-0.39, 0.29) is 12.5 Å². The summed E-state index contributed by atoms with van der Waals surface area (Å²) in [5, 5.41) is 3.03. The molecule has 5 nitrogen and oxygen atoms in total. The molecule has 1 aliphatic heterocycles. The van der Waals surface area contributed by atoms with E-state index in [0.717, 1.165) is 25.9 Å². The van der Waals surface area contributed by atoms with Crippen molar-refractivity contribution in [2.24, 2.45) is 5.84 Å². The second-order valence-electron chi connectivity index (χ2n) is 3.27. The van der Waals surface area contributed by atoms with Gasteiger partial charge in [0, 0.05) is 13.1 Å². The minimum absolute atomic E-state index is 0.0855. The van der Waals surface area contributed by atoms with E-state index in [4.69, 9.17) is 18.1 Å². The monoisotopic (exact) mass is 216 g/mol. The Morgan fingerprint density at radius 1 is 1.36 bits per heavy atom. The molecule has 1 rings (SSSR count). The molecule has 0 aromatic heterocycles. The molecule has 0 atom stereocenters. The Balaban J connectivity index is 2.23. The molecule has 1 fully saturated rings. The number of thiocarbonyl (C=S) groups is 1. The smallest absolute Gasteiger partial charge is 0.241 e. The largest absolute Gasteiger partial charge is 0.353 e. The fourth-order valence-electron chi connectivity index (χ4n) is 1.46. The van der Waals surface area contributed by atoms with Gasteiger partial charge in [-0.25, -0.2) is 5.84 Å². The Morgan fingerprint density at radius 3 is 2.57 bits per heavy atom. The highest BCUT2D eigenvalue weighted by atomic mass is 32.1. The number of nitrogens with one attached hydrogen (secondary N) is 2. The normalized spacial score (nSPS) is 16.2. The molecule has 0 aromatic carbocycles. The number of hydrogen-bond donors (Lipinski definition) is 3. The summed E-state index contributed by atoms with van der Waals surface area (Å²) < 4.78 is 0. The number of hydrazine groups is 1. The first-order valence-corrected chi connectivity index (χ1v) is 5.17. The molecule has 0 unspecified atom stereocenters. The van der Waals surface area contributed by atoms with Crippen LogP contribution >= 0.6 is 12.2 Å². The van der Waals surface area contributed by atoms with Gasteiger partial charge in [0.05, 0.1) is 6.54 Å². The van der Waals surface area contributed by atoms with E-state index in [1.165, 1.54) is 6.42 Å². The average Bonchev–Trinajstić information content (AvgIpc) is 2.26. The molecule has 1 amide bonds. The predicted octanol–water partition coefficient (Wildman–Crippen LogP) is -0.663. The van der Waals surface area contributed by atoms with Crippen LogP contribution in [0, 0.1) is 0 Å². The summed E-state index contributed by atoms with van der Waals surface area (Å²) in [6.07, 6.45) is 3.43. The summed E-state index contributed by atoms with van der Waals surface area (Å²) >= 11 is 4.76. The molecule has 80 valence electrons. The van der Waals surface area contributed by atoms with Gasteiger partial charge >= 0.3 is 0 Å². The molecule has 0 bridgehead atoms. The lowest BCUT2D eigenvalue weighted by Gasteiger charge is -2.26. The van der Waals surface area contributed by atoms with Gasteiger partial charge in [-0.2, -0.15) is 0 Å². The highest BCUT2D eigenvalue weighted by Gasteiger charge is 2.15. The van der Waals surface area contributed by atoms with Gasteiger partial charge in [-0.05, 0) is 31.5 Å². The zero-order valence-electron chi connectivity index (χ0n) is 8.08. The molecule has 0 aromatic rings. The van der Waals surface area contributed by atoms with Crippen LogP contribution in [0.3, 0.4) is 0 Å². The number of carbonyl (C=O) groups is 1. The van der Waals surface area contributed by atoms with Gasteiger partial charge in [-0.3, -0.25) is 4.79 Å². The molecule has 4 N–H and O–H groups in total. The Hall–Kier alpha value is -0.880. The van der Waals surface area contributed by atoms with Crippen LogP contribution in [0.25, 0.3) is 0 Å². The van der Waals surface area contributed by atoms with Crippen molar-refractivity contribution in [3.63, 3.8) is 0 Å². The molecule has 14 heavy (non-hydrogen) atoms. The Labute approximate surface area is 89.0 Å². The maximum absolute atomic E-state index is 11.6. The number of amides is 1. The van der Waals surface area contributed by atoms with Crippen LogP contribution in [0.5, 0.6) is 0 Å². The third-order valence-electron chi connectivity index (χ3n) is 2.24. The summed E-state index contributed by atoms with van der Waals surface area (Å²) in [6, 6.07) is 0. The van der Waals surface area contributed by atoms with Crippen molar-refractivity contribution in [1.82, 2.24) is 15.6 Å². The van der Waals surface area contributed by atoms with E-state index in [0.29, 0.717) is 5.11 Å². The third-order valence-corrected chi connectivity index (χ3v) is 2.50. The molecule has 1 heterocycles. The number of nitrogens with two attached hydrogens (primary N) is 1. The van der Waals surface area contributed by atoms with E-state index in [2.05, 4.69) is 10.7 Å². The fourth-order valence-corrected chi connectivity index (χ4v) is 1.53. The second-order valence-corrected chi connectivity index (χ2v) is 3.68. The topological polar surface area (TPSA) is 70.4 Å². The van der Waals surface area contributed by atoms with E-state index < -0.39 is 0 Å². The average molecular weight is 216 g/mol. The van der Waals surface area contributed by atoms with E-state index in [9.17, 15) is 4.79 Å². The molecular weight excluding hydrogens is 200 g/mol. The predicted molar refractivity (Wildman–Crippen MR) is 58.4 cm³/mol. The van der Waals surface area contributed by atoms with E-state index in [1.807, 2.05) is 4.90 Å². The molecular formula is C8H16N4OS. The quantitative estimate of drug-likeness (QED) is 0.325. The first-order valence-electron chi connectivity index (χ1n) is 4.76. The van der Waals surface area contributed by atoms with Gasteiger partial charge in [0.2, 0.25) is 5.91 Å². The Kier molecular flexibility index (Phi) is 4.61. The number of nitrogens with zero attached hydrogens (tertiary/aromatic N) is 1. The third kappa shape index (κ3) is 3.47. The van der Waals surface area contributed by atoms with Gasteiger partial charge in [-0.1, -0.05) is 0 Å². The summed E-state index contributed by atoms with van der Waals surface area (Å²) in [7, 11) is 0. The van der Waals surface area contributed by atoms with Crippen molar-refractivity contribution in [2.75, 3.05) is 19.6 Å². The highest BCUT2D eigenvalue weighted by molar-refractivity contribution is 7.80. The van der Waals surface area contributed by atoms with E-state index in [1.54, 1.807) is 0 Å². The van der Waals surface area contributed by atoms with Gasteiger partial charge in [-0.15, -0.1) is 0 Å². The van der Waals surface area contributed by atoms with Crippen molar-refractivity contribution in [3.8, 4) is 0 Å². The molecule has 1 saturated heterocycles. The molecule has 6 heteroatoms. The fraction of sp³-hybridized carbons (Fsp3) is 0.750. The van der Waals surface area contributed by atoms with Crippen LogP contribution in [-0.2, 0) is 4.79 Å². The van der Waals surface area contributed by atoms with Crippen LogP contribution < -0.4 is 16.6 Å². The van der Waals surface area contributed by atoms with Crippen molar-refractivity contribution in [2.45, 2.75) is 19.3 Å². The number of rotatable bonds is 2. The maximum atomic E-state index is 11.6. The first-order chi connectivity index (χ1) is 6.74. The zero-order valence-corrected chi connectivity index (χ0v) is 8.90. The highest BCUT2D eigenvalue weighted by Crippen LogP contribution is 2.07. The van der Waals surface area contributed by atoms with Crippen LogP contribution in [0.15, 0.2) is 0 Å². The number of hydrogen-bond acceptors (Lipinski definition) is 3. The summed E-state index contributed by atoms with van der Waals surface area (Å²) in [5.41, 5.74) is 2.27. The molecule has 0 aliphatic carbocycles. The van der Waals surface area contributed by atoms with Gasteiger partial charge in [0.15, 0.2) is 5.11 Å². The zero-order chi connectivity index (χ0) is 10.4. The van der Waals surface area contributed by atoms with Gasteiger partial charge in [0.1, 0.15) is 0 Å². The lowest BCUT2D eigenvalue weighted by atomic mass is 10.1. The Bertz CT molecular complexity index is 215. The Morgan fingerprint density at radius 2 is 2.00 bits per heavy atom. The second kappa shape index (κ2) is 5.77. The van der Waals surface area contributed by atoms with Crippen LogP contribution in [0.4, 0.5) is 0 Å². The maximum Gasteiger partial charge on any atom is 0.241 e. The molecule has 0 spiro atoms. The number of piperidine rings is 1. The summed E-state index contributed by atoms with van der Waals surface area (Å²) in [6.45, 7) is 1.95. The summed E-state index contributed by atoms with van der Waals surface area (Å²) in [4.78, 5) is 13.4. The lowest BCUT2D eigenvalue weighted by Crippen LogP contribution is -2.46. The van der Waals surface area contributed by atoms with Crippen molar-refractivity contribution in [3.05, 3.63) is 0 Å². The molecule has 0 radical (unpaired) electrons. The number of carbonyl (C=O) groups excluding carboxylic acids is 1. The van der Waals surface area contributed by atoms with Crippen LogP contribution in [0.2, 0.25) is 0 Å².